The molecule has 0 aliphatic heterocycles. The van der Waals surface area contributed by atoms with Crippen molar-refractivity contribution in [2.45, 2.75) is 13.5 Å². The highest BCUT2D eigenvalue weighted by atomic mass is 16.5. The van der Waals surface area contributed by atoms with Gasteiger partial charge in [0.2, 0.25) is 0 Å². The van der Waals surface area contributed by atoms with E-state index in [1.54, 1.807) is 24.4 Å². The van der Waals surface area contributed by atoms with Crippen molar-refractivity contribution in [1.29, 1.82) is 0 Å². The Morgan fingerprint density at radius 3 is 3.00 bits per heavy atom. The number of benzene rings is 1. The van der Waals surface area contributed by atoms with Crippen molar-refractivity contribution >= 4 is 16.9 Å². The topological polar surface area (TPSA) is 59.4 Å². The average molecular weight is 217 g/mol. The van der Waals surface area contributed by atoms with Crippen LogP contribution in [0.15, 0.2) is 30.5 Å². The van der Waals surface area contributed by atoms with Crippen LogP contribution in [0.25, 0.3) is 10.9 Å². The number of hydrogen-bond acceptors (Lipinski definition) is 4. The van der Waals surface area contributed by atoms with Crippen molar-refractivity contribution in [3.05, 3.63) is 36.0 Å². The van der Waals surface area contributed by atoms with Gasteiger partial charge in [0.1, 0.15) is 17.9 Å². The molecule has 2 rings (SSSR count). The highest BCUT2D eigenvalue weighted by Crippen LogP contribution is 2.25. The summed E-state index contributed by atoms with van der Waals surface area (Å²) in [5, 5.41) is 10.4. The fraction of sp³-hybridized carbons (Fsp3) is 0.167. The summed E-state index contributed by atoms with van der Waals surface area (Å²) < 4.78 is 4.93. The van der Waals surface area contributed by atoms with Crippen LogP contribution in [-0.4, -0.2) is 16.1 Å². The first kappa shape index (κ1) is 10.4. The maximum absolute atomic E-state index is 10.7. The number of pyridine rings is 1. The minimum absolute atomic E-state index is 0.127. The fourth-order valence-electron chi connectivity index (χ4n) is 1.52. The maximum atomic E-state index is 10.7. The molecule has 4 heteroatoms. The lowest BCUT2D eigenvalue weighted by atomic mass is 10.1. The SMILES string of the molecule is CC(=O)OCc1ccc(O)c2ncccc12. The lowest BCUT2D eigenvalue weighted by Gasteiger charge is -2.07. The maximum Gasteiger partial charge on any atom is 0.302 e. The number of fused-ring (bicyclic) bond motifs is 1. The van der Waals surface area contributed by atoms with Gasteiger partial charge in [0, 0.05) is 18.5 Å². The fourth-order valence-corrected chi connectivity index (χ4v) is 1.52. The van der Waals surface area contributed by atoms with E-state index in [9.17, 15) is 9.90 Å². The monoisotopic (exact) mass is 217 g/mol. The van der Waals surface area contributed by atoms with E-state index < -0.39 is 0 Å². The molecule has 0 amide bonds. The third-order valence-electron chi connectivity index (χ3n) is 2.27. The molecule has 1 heterocycles. The molecule has 0 spiro atoms. The van der Waals surface area contributed by atoms with Crippen molar-refractivity contribution in [2.75, 3.05) is 0 Å². The van der Waals surface area contributed by atoms with Gasteiger partial charge < -0.3 is 9.84 Å². The molecule has 4 nitrogen and oxygen atoms in total. The molecule has 0 atom stereocenters. The molecule has 0 aliphatic rings. The van der Waals surface area contributed by atoms with Crippen LogP contribution in [0.2, 0.25) is 0 Å². The van der Waals surface area contributed by atoms with Crippen LogP contribution < -0.4 is 0 Å². The van der Waals surface area contributed by atoms with Crippen molar-refractivity contribution in [1.82, 2.24) is 4.98 Å². The summed E-state index contributed by atoms with van der Waals surface area (Å²) >= 11 is 0. The number of phenolic OH excluding ortho intramolecular Hbond substituents is 1. The lowest BCUT2D eigenvalue weighted by molar-refractivity contribution is -0.142. The number of carbonyl (C=O) groups is 1. The summed E-state index contributed by atoms with van der Waals surface area (Å²) in [7, 11) is 0. The molecule has 0 aliphatic carbocycles. The summed E-state index contributed by atoms with van der Waals surface area (Å²) in [6.07, 6.45) is 1.61. The zero-order chi connectivity index (χ0) is 11.5. The van der Waals surface area contributed by atoms with E-state index in [4.69, 9.17) is 4.74 Å². The zero-order valence-electron chi connectivity index (χ0n) is 8.80. The second-order valence-electron chi connectivity index (χ2n) is 3.42. The molecule has 0 saturated heterocycles. The van der Waals surface area contributed by atoms with Crippen LogP contribution in [-0.2, 0) is 16.1 Å². The van der Waals surface area contributed by atoms with Gasteiger partial charge in [0.25, 0.3) is 0 Å². The highest BCUT2D eigenvalue weighted by molar-refractivity contribution is 5.87. The normalized spacial score (nSPS) is 10.3. The Hall–Kier alpha value is -2.10. The number of hydrogen-bond donors (Lipinski definition) is 1. The van der Waals surface area contributed by atoms with Gasteiger partial charge >= 0.3 is 5.97 Å². The molecule has 0 radical (unpaired) electrons. The Bertz CT molecular complexity index is 537. The Morgan fingerprint density at radius 1 is 1.44 bits per heavy atom. The Kier molecular flexibility index (Phi) is 2.72. The minimum atomic E-state index is -0.329. The lowest BCUT2D eigenvalue weighted by Crippen LogP contribution is -1.99. The van der Waals surface area contributed by atoms with Crippen LogP contribution in [0.1, 0.15) is 12.5 Å². The molecule has 1 aromatic carbocycles. The number of aromatic nitrogens is 1. The molecule has 1 N–H and O–H groups in total. The third kappa shape index (κ3) is 1.95. The van der Waals surface area contributed by atoms with Gasteiger partial charge in [-0.05, 0) is 17.7 Å². The van der Waals surface area contributed by atoms with Crippen molar-refractivity contribution in [3.8, 4) is 5.75 Å². The summed E-state index contributed by atoms with van der Waals surface area (Å²) in [6, 6.07) is 6.89. The van der Waals surface area contributed by atoms with Gasteiger partial charge in [0.15, 0.2) is 0 Å². The number of rotatable bonds is 2. The number of carbonyl (C=O) groups excluding carboxylic acids is 1. The van der Waals surface area contributed by atoms with Gasteiger partial charge in [0.05, 0.1) is 0 Å². The molecule has 0 bridgehead atoms. The van der Waals surface area contributed by atoms with E-state index >= 15 is 0 Å². The quantitative estimate of drug-likeness (QED) is 0.781. The first-order chi connectivity index (χ1) is 7.68. The van der Waals surface area contributed by atoms with Gasteiger partial charge in [-0.2, -0.15) is 0 Å². The van der Waals surface area contributed by atoms with E-state index in [0.29, 0.717) is 5.52 Å². The predicted octanol–water partition coefficient (Wildman–Crippen LogP) is 2.00. The van der Waals surface area contributed by atoms with Crippen molar-refractivity contribution < 1.29 is 14.6 Å². The molecule has 0 saturated carbocycles. The van der Waals surface area contributed by atoms with Crippen LogP contribution in [0.4, 0.5) is 0 Å². The molecule has 2 aromatic rings. The Morgan fingerprint density at radius 2 is 2.25 bits per heavy atom. The first-order valence-electron chi connectivity index (χ1n) is 4.87. The molecule has 0 unspecified atom stereocenters. The number of ether oxygens (including phenoxy) is 1. The second-order valence-corrected chi connectivity index (χ2v) is 3.42. The summed E-state index contributed by atoms with van der Waals surface area (Å²) in [4.78, 5) is 14.8. The van der Waals surface area contributed by atoms with E-state index in [0.717, 1.165) is 10.9 Å². The van der Waals surface area contributed by atoms with E-state index in [1.807, 2.05) is 6.07 Å². The largest absolute Gasteiger partial charge is 0.506 e. The standard InChI is InChI=1S/C12H11NO3/c1-8(14)16-7-9-4-5-11(15)12-10(9)3-2-6-13-12/h2-6,15H,7H2,1H3. The molecule has 0 fully saturated rings. The highest BCUT2D eigenvalue weighted by Gasteiger charge is 2.06. The van der Waals surface area contributed by atoms with E-state index in [2.05, 4.69) is 4.98 Å². The van der Waals surface area contributed by atoms with E-state index in [-0.39, 0.29) is 18.3 Å². The third-order valence-corrected chi connectivity index (χ3v) is 2.27. The number of nitrogens with zero attached hydrogens (tertiary/aromatic N) is 1. The number of aromatic hydroxyl groups is 1. The molecule has 1 aromatic heterocycles. The average Bonchev–Trinajstić information content (AvgIpc) is 2.28. The Labute approximate surface area is 92.5 Å². The summed E-state index contributed by atoms with van der Waals surface area (Å²) in [6.45, 7) is 1.55. The van der Waals surface area contributed by atoms with E-state index in [1.165, 1.54) is 6.92 Å². The van der Waals surface area contributed by atoms with Crippen LogP contribution in [0.5, 0.6) is 5.75 Å². The number of esters is 1. The smallest absolute Gasteiger partial charge is 0.302 e. The Balaban J connectivity index is 2.46. The summed E-state index contributed by atoms with van der Waals surface area (Å²) in [5.41, 5.74) is 1.35. The van der Waals surface area contributed by atoms with Crippen LogP contribution >= 0.6 is 0 Å². The molecular weight excluding hydrogens is 206 g/mol. The first-order valence-corrected chi connectivity index (χ1v) is 4.87. The van der Waals surface area contributed by atoms with Crippen LogP contribution in [0.3, 0.4) is 0 Å². The van der Waals surface area contributed by atoms with Gasteiger partial charge in [-0.15, -0.1) is 0 Å². The minimum Gasteiger partial charge on any atom is -0.506 e. The van der Waals surface area contributed by atoms with Gasteiger partial charge in [-0.1, -0.05) is 12.1 Å². The van der Waals surface area contributed by atoms with Crippen LogP contribution in [0, 0.1) is 0 Å². The van der Waals surface area contributed by atoms with Gasteiger partial charge in [-0.25, -0.2) is 0 Å². The molecule has 16 heavy (non-hydrogen) atoms. The number of phenols is 1. The molecular formula is C12H11NO3. The zero-order valence-corrected chi connectivity index (χ0v) is 8.80. The second kappa shape index (κ2) is 4.18. The summed E-state index contributed by atoms with van der Waals surface area (Å²) in [5.74, 6) is -0.202. The predicted molar refractivity (Wildman–Crippen MR) is 58.9 cm³/mol. The molecule has 82 valence electrons. The van der Waals surface area contributed by atoms with Gasteiger partial charge in [-0.3, -0.25) is 9.78 Å². The van der Waals surface area contributed by atoms with Crippen molar-refractivity contribution in [2.24, 2.45) is 0 Å². The van der Waals surface area contributed by atoms with Crippen molar-refractivity contribution in [3.63, 3.8) is 0 Å².